The monoisotopic (exact) mass is 1040 g/mol. The van der Waals surface area contributed by atoms with Crippen molar-refractivity contribution in [2.24, 2.45) is 0 Å². The predicted octanol–water partition coefficient (Wildman–Crippen LogP) is 13.4. The zero-order chi connectivity index (χ0) is 56.8. The van der Waals surface area contributed by atoms with Gasteiger partial charge >= 0.3 is 23.9 Å². The molecule has 0 unspecified atom stereocenters. The molecule has 0 saturated heterocycles. The fraction of sp³-hybridized carbons (Fsp3) is 0.469. The van der Waals surface area contributed by atoms with Crippen LogP contribution < -0.4 is 18.9 Å². The highest BCUT2D eigenvalue weighted by Gasteiger charge is 2.29. The lowest BCUT2D eigenvalue weighted by Crippen LogP contribution is -2.27. The number of rotatable bonds is 18. The summed E-state index contributed by atoms with van der Waals surface area (Å²) < 4.78 is 46.4. The van der Waals surface area contributed by atoms with E-state index in [1.165, 1.54) is 0 Å². The largest absolute Gasteiger partial charge is 0.482 e. The summed E-state index contributed by atoms with van der Waals surface area (Å²) in [6, 6.07) is 25.1. The van der Waals surface area contributed by atoms with Crippen molar-refractivity contribution in [2.45, 2.75) is 173 Å². The molecule has 0 atom stereocenters. The van der Waals surface area contributed by atoms with Gasteiger partial charge in [0.05, 0.1) is 0 Å². The second kappa shape index (κ2) is 24.0. The first-order chi connectivity index (χ1) is 35.1. The van der Waals surface area contributed by atoms with Gasteiger partial charge in [0.2, 0.25) is 0 Å². The van der Waals surface area contributed by atoms with E-state index in [9.17, 15) is 19.2 Å². The number of hydrogen-bond acceptors (Lipinski definition) is 12. The molecule has 0 aliphatic carbocycles. The molecular weight excluding hydrogens is 961 g/mol. The molecule has 5 aromatic rings. The number of carbonyl (C=O) groups excluding carboxylic acids is 4. The summed E-state index contributed by atoms with van der Waals surface area (Å²) in [5.74, 6) is -0.0276. The van der Waals surface area contributed by atoms with Crippen LogP contribution in [-0.2, 0) is 38.1 Å². The summed E-state index contributed by atoms with van der Waals surface area (Å²) in [7, 11) is 0. The van der Waals surface area contributed by atoms with Gasteiger partial charge in [-0.05, 0) is 241 Å². The first-order valence-corrected chi connectivity index (χ1v) is 26.0. The number of ether oxygens (including phenoxy) is 8. The van der Waals surface area contributed by atoms with E-state index >= 15 is 0 Å². The summed E-state index contributed by atoms with van der Waals surface area (Å²) in [6.45, 7) is 37.0. The van der Waals surface area contributed by atoms with Gasteiger partial charge in [-0.15, -0.1) is 0 Å². The lowest BCUT2D eigenvalue weighted by molar-refractivity contribution is -0.158. The molecule has 12 nitrogen and oxygen atoms in total. The minimum absolute atomic E-state index is 0.228. The smallest absolute Gasteiger partial charge is 0.344 e. The van der Waals surface area contributed by atoms with E-state index in [4.69, 9.17) is 37.9 Å². The average molecular weight is 1040 g/mol. The Morgan fingerprint density at radius 1 is 0.316 bits per heavy atom. The third-order valence-electron chi connectivity index (χ3n) is 12.2. The minimum atomic E-state index is -0.645. The first-order valence-electron chi connectivity index (χ1n) is 26.0. The lowest BCUT2D eigenvalue weighted by atomic mass is 9.77. The quantitative estimate of drug-likeness (QED) is 0.0468. The number of benzene rings is 5. The molecule has 0 spiro atoms. The Morgan fingerprint density at radius 3 is 0.671 bits per heavy atom. The van der Waals surface area contributed by atoms with E-state index in [1.54, 1.807) is 0 Å². The molecule has 0 radical (unpaired) electrons. The summed E-state index contributed by atoms with van der Waals surface area (Å²) in [6.07, 6.45) is 0. The normalized spacial score (nSPS) is 12.1. The highest BCUT2D eigenvalue weighted by molar-refractivity contribution is 5.73. The number of aryl methyl sites for hydroxylation is 8. The van der Waals surface area contributed by atoms with Crippen molar-refractivity contribution < 1.29 is 57.1 Å². The van der Waals surface area contributed by atoms with Crippen LogP contribution in [-0.4, -0.2) is 72.7 Å². The minimum Gasteiger partial charge on any atom is -0.482 e. The molecule has 0 bridgehead atoms. The maximum absolute atomic E-state index is 12.7. The Balaban J connectivity index is 1.65. The van der Waals surface area contributed by atoms with Crippen LogP contribution in [0.1, 0.15) is 173 Å². The van der Waals surface area contributed by atoms with Crippen molar-refractivity contribution >= 4 is 23.9 Å². The SMILES string of the molecule is Cc1cc(C(c2ccc(C(c3cc(C)c(OCC(=O)OC(C)(C)C)cc3C)c3cc(C)c(OCC(=O)OC(C)(C)C)cc3C)cc2)c2cc(C)c(OCC(=O)OC(C)(C)C)cc2C)c(C)cc1OCC(=O)OC(C)(C)C. The van der Waals surface area contributed by atoms with Crippen LogP contribution in [0.25, 0.3) is 0 Å². The van der Waals surface area contributed by atoms with Crippen LogP contribution in [0.15, 0.2) is 72.8 Å². The van der Waals surface area contributed by atoms with E-state index in [-0.39, 0.29) is 38.3 Å². The first kappa shape index (κ1) is 60.0. The van der Waals surface area contributed by atoms with Crippen LogP contribution in [0.3, 0.4) is 0 Å². The van der Waals surface area contributed by atoms with Crippen molar-refractivity contribution in [3.63, 3.8) is 0 Å². The van der Waals surface area contributed by atoms with Crippen molar-refractivity contribution in [1.29, 1.82) is 0 Å². The van der Waals surface area contributed by atoms with Crippen molar-refractivity contribution in [2.75, 3.05) is 26.4 Å². The van der Waals surface area contributed by atoms with Crippen LogP contribution in [0.4, 0.5) is 0 Å². The molecule has 12 heteroatoms. The number of carbonyl (C=O) groups is 4. The molecular formula is C64H82O12. The van der Waals surface area contributed by atoms with E-state index < -0.39 is 46.3 Å². The fourth-order valence-corrected chi connectivity index (χ4v) is 9.08. The van der Waals surface area contributed by atoms with Gasteiger partial charge in [0.25, 0.3) is 0 Å². The highest BCUT2D eigenvalue weighted by atomic mass is 16.6. The van der Waals surface area contributed by atoms with Crippen molar-refractivity contribution in [1.82, 2.24) is 0 Å². The summed E-state index contributed by atoms with van der Waals surface area (Å²) in [5.41, 5.74) is 10.9. The predicted molar refractivity (Wildman–Crippen MR) is 297 cm³/mol. The highest BCUT2D eigenvalue weighted by Crippen LogP contribution is 2.43. The molecule has 0 saturated carbocycles. The average Bonchev–Trinajstić information content (AvgIpc) is 3.26. The summed E-state index contributed by atoms with van der Waals surface area (Å²) in [4.78, 5) is 50.9. The van der Waals surface area contributed by atoms with Gasteiger partial charge in [-0.1, -0.05) is 48.5 Å². The fourth-order valence-electron chi connectivity index (χ4n) is 9.08. The molecule has 0 fully saturated rings. The van der Waals surface area contributed by atoms with E-state index in [2.05, 4.69) is 48.5 Å². The van der Waals surface area contributed by atoms with Crippen LogP contribution in [0.5, 0.6) is 23.0 Å². The van der Waals surface area contributed by atoms with Crippen molar-refractivity contribution in [3.8, 4) is 23.0 Å². The third-order valence-corrected chi connectivity index (χ3v) is 12.2. The Bertz CT molecular complexity index is 2540. The molecule has 5 rings (SSSR count). The van der Waals surface area contributed by atoms with Gasteiger partial charge in [0, 0.05) is 11.8 Å². The Hall–Kier alpha value is -6.82. The molecule has 0 aliphatic heterocycles. The maximum Gasteiger partial charge on any atom is 0.344 e. The standard InChI is InChI=1S/C64H82O12/c1-37-29-51(69-33-55(65)73-61(9,10)11)41(5)25-47(37)59(48-26-42(6)52(30-38(48)2)70-34-56(66)74-62(12,13)14)45-21-23-46(24-22-45)60(49-27-43(7)53(31-39(49)3)71-35-57(67)75-63(15,16)17)50-28-44(8)54(32-40(50)4)72-36-58(68)76-64(18,19)20/h21-32,59-60H,33-36H2,1-20H3. The van der Waals surface area contributed by atoms with Crippen LogP contribution >= 0.6 is 0 Å². The van der Waals surface area contributed by atoms with Gasteiger partial charge in [0.1, 0.15) is 45.4 Å². The zero-order valence-electron chi connectivity index (χ0n) is 48.8. The van der Waals surface area contributed by atoms with Gasteiger partial charge in [-0.3, -0.25) is 0 Å². The van der Waals surface area contributed by atoms with Gasteiger partial charge in [-0.2, -0.15) is 0 Å². The molecule has 76 heavy (non-hydrogen) atoms. The van der Waals surface area contributed by atoms with Crippen LogP contribution in [0.2, 0.25) is 0 Å². The van der Waals surface area contributed by atoms with Gasteiger partial charge in [-0.25, -0.2) is 19.2 Å². The molecule has 0 aromatic heterocycles. The molecule has 5 aromatic carbocycles. The number of esters is 4. The third kappa shape index (κ3) is 17.1. The Morgan fingerprint density at radius 2 is 0.500 bits per heavy atom. The summed E-state index contributed by atoms with van der Waals surface area (Å²) >= 11 is 0. The van der Waals surface area contributed by atoms with Crippen LogP contribution in [0, 0.1) is 55.4 Å². The molecule has 0 heterocycles. The molecule has 410 valence electrons. The molecule has 0 amide bonds. The second-order valence-electron chi connectivity index (χ2n) is 23.9. The van der Waals surface area contributed by atoms with E-state index in [1.807, 2.05) is 163 Å². The summed E-state index contributed by atoms with van der Waals surface area (Å²) in [5, 5.41) is 0. The molecule has 0 N–H and O–H groups in total. The second-order valence-corrected chi connectivity index (χ2v) is 23.9. The topological polar surface area (TPSA) is 142 Å². The Kier molecular flexibility index (Phi) is 19.0. The number of hydrogen-bond donors (Lipinski definition) is 0. The zero-order valence-corrected chi connectivity index (χ0v) is 48.8. The van der Waals surface area contributed by atoms with Gasteiger partial charge < -0.3 is 37.9 Å². The molecule has 0 aliphatic rings. The maximum atomic E-state index is 12.7. The van der Waals surface area contributed by atoms with E-state index in [0.717, 1.165) is 77.9 Å². The van der Waals surface area contributed by atoms with Gasteiger partial charge in [0.15, 0.2) is 26.4 Å². The van der Waals surface area contributed by atoms with E-state index in [0.29, 0.717) is 23.0 Å². The Labute approximate surface area is 452 Å². The lowest BCUT2D eigenvalue weighted by Gasteiger charge is -2.28. The van der Waals surface area contributed by atoms with Crippen molar-refractivity contribution in [3.05, 3.63) is 151 Å².